The van der Waals surface area contributed by atoms with Crippen molar-refractivity contribution in [1.29, 1.82) is 0 Å². The lowest BCUT2D eigenvalue weighted by Gasteiger charge is -2.24. The number of alkyl halides is 3. The van der Waals surface area contributed by atoms with Crippen molar-refractivity contribution in [2.75, 3.05) is 6.54 Å². The molecule has 0 fully saturated rings. The summed E-state index contributed by atoms with van der Waals surface area (Å²) in [6.45, 7) is 3.06. The first-order valence-electron chi connectivity index (χ1n) is 10.2. The van der Waals surface area contributed by atoms with Crippen LogP contribution in [0.15, 0.2) is 53.0 Å². The summed E-state index contributed by atoms with van der Waals surface area (Å²) in [5.41, 5.74) is 0.662. The molecule has 0 aliphatic carbocycles. The van der Waals surface area contributed by atoms with Crippen molar-refractivity contribution in [3.8, 4) is 11.3 Å². The Morgan fingerprint density at radius 3 is 2.35 bits per heavy atom. The largest absolute Gasteiger partial charge is 0.416 e. The second kappa shape index (κ2) is 10.5. The fraction of sp³-hybridized carbons (Fsp3) is 0.318. The van der Waals surface area contributed by atoms with Gasteiger partial charge in [-0.1, -0.05) is 23.7 Å². The molecule has 0 N–H and O–H groups in total. The molecule has 0 radical (unpaired) electrons. The zero-order valence-corrected chi connectivity index (χ0v) is 20.6. The Bertz CT molecular complexity index is 1260. The molecule has 12 heteroatoms. The molecule has 2 aromatic heterocycles. The van der Waals surface area contributed by atoms with Crippen molar-refractivity contribution in [2.24, 2.45) is 0 Å². The van der Waals surface area contributed by atoms with E-state index in [2.05, 4.69) is 9.97 Å². The summed E-state index contributed by atoms with van der Waals surface area (Å²) < 4.78 is 65.7. The van der Waals surface area contributed by atoms with E-state index in [0.717, 1.165) is 27.8 Å². The average molecular weight is 532 g/mol. The van der Waals surface area contributed by atoms with E-state index in [1.165, 1.54) is 30.6 Å². The number of rotatable bonds is 9. The van der Waals surface area contributed by atoms with E-state index in [1.807, 2.05) is 0 Å². The van der Waals surface area contributed by atoms with Gasteiger partial charge >= 0.3 is 6.18 Å². The van der Waals surface area contributed by atoms with Gasteiger partial charge in [0.05, 0.1) is 22.1 Å². The number of aromatic nitrogens is 2. The quantitative estimate of drug-likeness (QED) is 0.365. The van der Waals surface area contributed by atoms with Gasteiger partial charge in [0.1, 0.15) is 16.3 Å². The van der Waals surface area contributed by atoms with E-state index in [9.17, 15) is 26.4 Å². The lowest BCUT2D eigenvalue weighted by Crippen LogP contribution is -2.40. The fourth-order valence-electron chi connectivity index (χ4n) is 3.14. The Balaban J connectivity index is 1.67. The predicted molar refractivity (Wildman–Crippen MR) is 124 cm³/mol. The van der Waals surface area contributed by atoms with Crippen molar-refractivity contribution in [2.45, 2.75) is 43.1 Å². The van der Waals surface area contributed by atoms with Gasteiger partial charge in [-0.2, -0.15) is 17.5 Å². The molecule has 0 saturated carbocycles. The summed E-state index contributed by atoms with van der Waals surface area (Å²) >= 11 is 6.79. The molecule has 0 saturated heterocycles. The van der Waals surface area contributed by atoms with Crippen LogP contribution in [0, 0.1) is 0 Å². The van der Waals surface area contributed by atoms with Gasteiger partial charge in [-0.15, -0.1) is 11.3 Å². The zero-order valence-electron chi connectivity index (χ0n) is 18.2. The van der Waals surface area contributed by atoms with Crippen LogP contribution in [0.5, 0.6) is 0 Å². The normalized spacial score (nSPS) is 12.5. The molecule has 6 nitrogen and oxygen atoms in total. The number of sulfonamides is 1. The third-order valence-electron chi connectivity index (χ3n) is 4.91. The lowest BCUT2D eigenvalue weighted by atomic mass is 10.1. The monoisotopic (exact) mass is 531 g/mol. The van der Waals surface area contributed by atoms with Crippen LogP contribution in [0.1, 0.15) is 31.5 Å². The summed E-state index contributed by atoms with van der Waals surface area (Å²) in [6, 6.07) is 8.64. The number of nitrogens with zero attached hydrogens (tertiary/aromatic N) is 3. The number of benzene rings is 1. The highest BCUT2D eigenvalue weighted by Crippen LogP contribution is 2.31. The van der Waals surface area contributed by atoms with Gasteiger partial charge < -0.3 is 0 Å². The van der Waals surface area contributed by atoms with Crippen molar-refractivity contribution in [3.05, 3.63) is 64.4 Å². The van der Waals surface area contributed by atoms with Crippen LogP contribution < -0.4 is 0 Å². The SMILES string of the molecule is CC(C)N(CC(=O)CCc1cc(-c2ccc(C(F)(F)F)cc2)ncn1)S(=O)(=O)c1ccc(Cl)s1. The van der Waals surface area contributed by atoms with Gasteiger partial charge in [0, 0.05) is 23.7 Å². The summed E-state index contributed by atoms with van der Waals surface area (Å²) in [6.07, 6.45) is -2.89. The molecular weight excluding hydrogens is 511 g/mol. The molecule has 34 heavy (non-hydrogen) atoms. The van der Waals surface area contributed by atoms with Crippen LogP contribution in [0.4, 0.5) is 13.2 Å². The average Bonchev–Trinajstić information content (AvgIpc) is 3.22. The highest BCUT2D eigenvalue weighted by atomic mass is 35.5. The first-order chi connectivity index (χ1) is 15.9. The number of halogens is 4. The Labute approximate surface area is 204 Å². The molecule has 182 valence electrons. The molecule has 0 spiro atoms. The molecule has 0 aliphatic heterocycles. The molecule has 0 bridgehead atoms. The number of thiophene rings is 1. The van der Waals surface area contributed by atoms with Crippen LogP contribution in [0.3, 0.4) is 0 Å². The van der Waals surface area contributed by atoms with Gasteiger partial charge in [0.2, 0.25) is 0 Å². The van der Waals surface area contributed by atoms with E-state index >= 15 is 0 Å². The maximum atomic E-state index is 12.9. The topological polar surface area (TPSA) is 80.2 Å². The smallest absolute Gasteiger partial charge is 0.298 e. The summed E-state index contributed by atoms with van der Waals surface area (Å²) in [4.78, 5) is 20.8. The van der Waals surface area contributed by atoms with Gasteiger partial charge in [0.25, 0.3) is 10.0 Å². The molecule has 3 rings (SSSR count). The van der Waals surface area contributed by atoms with E-state index < -0.39 is 27.8 Å². The van der Waals surface area contributed by atoms with E-state index in [0.29, 0.717) is 21.3 Å². The molecule has 3 aromatic rings. The van der Waals surface area contributed by atoms with Crippen LogP contribution in [0.2, 0.25) is 4.34 Å². The van der Waals surface area contributed by atoms with Gasteiger partial charge in [-0.25, -0.2) is 18.4 Å². The number of carbonyl (C=O) groups is 1. The number of ketones is 1. The second-order valence-electron chi connectivity index (χ2n) is 7.71. The number of hydrogen-bond acceptors (Lipinski definition) is 6. The first-order valence-corrected chi connectivity index (χ1v) is 12.8. The highest BCUT2D eigenvalue weighted by Gasteiger charge is 2.31. The maximum absolute atomic E-state index is 12.9. The first kappa shape index (κ1) is 26.3. The van der Waals surface area contributed by atoms with E-state index in [4.69, 9.17) is 11.6 Å². The van der Waals surface area contributed by atoms with Crippen molar-refractivity contribution in [1.82, 2.24) is 14.3 Å². The molecule has 0 aliphatic rings. The minimum atomic E-state index is -4.43. The molecule has 0 amide bonds. The van der Waals surface area contributed by atoms with Crippen LogP contribution >= 0.6 is 22.9 Å². The molecular formula is C22H21ClF3N3O3S2. The Kier molecular flexibility index (Phi) is 8.12. The third kappa shape index (κ3) is 6.41. The number of carbonyl (C=O) groups excluding carboxylic acids is 1. The van der Waals surface area contributed by atoms with Crippen molar-refractivity contribution in [3.63, 3.8) is 0 Å². The summed E-state index contributed by atoms with van der Waals surface area (Å²) in [5.74, 6) is -0.297. The van der Waals surface area contributed by atoms with E-state index in [-0.39, 0.29) is 29.4 Å². The van der Waals surface area contributed by atoms with Crippen LogP contribution in [-0.2, 0) is 27.4 Å². The van der Waals surface area contributed by atoms with Crippen molar-refractivity contribution < 1.29 is 26.4 Å². The predicted octanol–water partition coefficient (Wildman–Crippen LogP) is 5.48. The standard InChI is InChI=1S/C22H21ClF3N3O3S2/c1-14(2)29(34(31,32)21-10-9-20(23)33-21)12-18(30)8-7-17-11-19(28-13-27-17)15-3-5-16(6-4-15)22(24,25)26/h3-6,9-11,13-14H,7-8,12H2,1-2H3. The number of hydrogen-bond donors (Lipinski definition) is 0. The molecule has 1 aromatic carbocycles. The summed E-state index contributed by atoms with van der Waals surface area (Å²) in [7, 11) is -3.87. The summed E-state index contributed by atoms with van der Waals surface area (Å²) in [5, 5.41) is 0. The minimum Gasteiger partial charge on any atom is -0.298 e. The second-order valence-corrected chi connectivity index (χ2v) is 11.5. The minimum absolute atomic E-state index is 0.0351. The Hall–Kier alpha value is -2.34. The fourth-order valence-corrected chi connectivity index (χ4v) is 6.37. The van der Waals surface area contributed by atoms with E-state index in [1.54, 1.807) is 19.9 Å². The van der Waals surface area contributed by atoms with Crippen molar-refractivity contribution >= 4 is 38.7 Å². The third-order valence-corrected chi connectivity index (χ3v) is 8.63. The lowest BCUT2D eigenvalue weighted by molar-refractivity contribution is -0.137. The highest BCUT2D eigenvalue weighted by molar-refractivity contribution is 7.91. The Morgan fingerprint density at radius 1 is 1.12 bits per heavy atom. The van der Waals surface area contributed by atoms with Gasteiger partial charge in [-0.3, -0.25) is 4.79 Å². The number of aryl methyl sites for hydroxylation is 1. The molecule has 0 unspecified atom stereocenters. The molecule has 0 atom stereocenters. The van der Waals surface area contributed by atoms with Gasteiger partial charge in [-0.05, 0) is 50.6 Å². The van der Waals surface area contributed by atoms with Crippen LogP contribution in [0.25, 0.3) is 11.3 Å². The van der Waals surface area contributed by atoms with Gasteiger partial charge in [0.15, 0.2) is 0 Å². The number of Topliss-reactive ketones (excluding diaryl/α,β-unsaturated/α-hetero) is 1. The molecule has 2 heterocycles. The zero-order chi connectivity index (χ0) is 25.1. The Morgan fingerprint density at radius 2 is 1.79 bits per heavy atom. The maximum Gasteiger partial charge on any atom is 0.416 e. The van der Waals surface area contributed by atoms with Crippen LogP contribution in [-0.4, -0.2) is 41.1 Å².